The van der Waals surface area contributed by atoms with Gasteiger partial charge in [0.2, 0.25) is 11.8 Å². The van der Waals surface area contributed by atoms with Crippen molar-refractivity contribution in [1.82, 2.24) is 15.4 Å². The number of hydrogen-bond acceptors (Lipinski definition) is 5. The number of para-hydroxylation sites is 1. The molecule has 2 aliphatic rings. The van der Waals surface area contributed by atoms with Gasteiger partial charge in [-0.05, 0) is 31.4 Å². The van der Waals surface area contributed by atoms with Crippen molar-refractivity contribution >= 4 is 28.4 Å². The number of anilines is 1. The molecule has 3 heterocycles. The summed E-state index contributed by atoms with van der Waals surface area (Å²) in [4.78, 5) is 33.5. The number of nitrogens with one attached hydrogen (secondary N) is 1. The van der Waals surface area contributed by atoms with Crippen LogP contribution in [0, 0.1) is 11.8 Å². The summed E-state index contributed by atoms with van der Waals surface area (Å²) in [6.07, 6.45) is 2.60. The lowest BCUT2D eigenvalue weighted by atomic mass is 9.79. The van der Waals surface area contributed by atoms with Gasteiger partial charge in [0.05, 0.1) is 23.4 Å². The van der Waals surface area contributed by atoms with E-state index in [1.807, 2.05) is 29.3 Å². The van der Waals surface area contributed by atoms with Crippen molar-refractivity contribution in [2.75, 3.05) is 18.0 Å². The molecule has 2 aliphatic heterocycles. The maximum atomic E-state index is 13.0. The average molecular weight is 382 g/mol. The molecule has 7 heteroatoms. The molecule has 1 aromatic carbocycles. The van der Waals surface area contributed by atoms with Gasteiger partial charge in [-0.3, -0.25) is 19.8 Å². The van der Waals surface area contributed by atoms with Crippen molar-refractivity contribution in [2.24, 2.45) is 11.8 Å². The third-order valence-electron chi connectivity index (χ3n) is 6.14. The molecule has 2 saturated heterocycles. The second-order valence-electron chi connectivity index (χ2n) is 8.10. The molecular weight excluding hydrogens is 356 g/mol. The quantitative estimate of drug-likeness (QED) is 0.628. The van der Waals surface area contributed by atoms with Crippen molar-refractivity contribution in [3.05, 3.63) is 36.5 Å². The van der Waals surface area contributed by atoms with Crippen LogP contribution >= 0.6 is 0 Å². The number of benzene rings is 1. The molecule has 2 amide bonds. The van der Waals surface area contributed by atoms with E-state index in [1.165, 1.54) is 0 Å². The molecule has 28 heavy (non-hydrogen) atoms. The van der Waals surface area contributed by atoms with E-state index in [4.69, 9.17) is 5.21 Å². The molecule has 0 radical (unpaired) electrons. The third-order valence-corrected chi connectivity index (χ3v) is 6.14. The molecule has 4 atom stereocenters. The highest BCUT2D eigenvalue weighted by Gasteiger charge is 2.45. The van der Waals surface area contributed by atoms with Gasteiger partial charge in [-0.15, -0.1) is 0 Å². The number of carbonyl (C=O) groups excluding carboxylic acids is 2. The van der Waals surface area contributed by atoms with Crippen LogP contribution < -0.4 is 10.4 Å². The van der Waals surface area contributed by atoms with Gasteiger partial charge < -0.3 is 9.80 Å². The van der Waals surface area contributed by atoms with Gasteiger partial charge in [0, 0.05) is 36.9 Å². The fraction of sp³-hybridized carbons (Fsp3) is 0.476. The van der Waals surface area contributed by atoms with Crippen LogP contribution in [0.5, 0.6) is 0 Å². The summed E-state index contributed by atoms with van der Waals surface area (Å²) in [5.74, 6) is -0.574. The second-order valence-corrected chi connectivity index (χ2v) is 8.10. The van der Waals surface area contributed by atoms with Crippen LogP contribution in [-0.2, 0) is 9.59 Å². The van der Waals surface area contributed by atoms with Crippen molar-refractivity contribution < 1.29 is 14.8 Å². The zero-order chi connectivity index (χ0) is 19.8. The molecule has 0 aliphatic carbocycles. The van der Waals surface area contributed by atoms with Gasteiger partial charge in [0.25, 0.3) is 0 Å². The first-order chi connectivity index (χ1) is 13.5. The first kappa shape index (κ1) is 18.7. The van der Waals surface area contributed by atoms with Crippen LogP contribution in [0.3, 0.4) is 0 Å². The maximum absolute atomic E-state index is 13.0. The van der Waals surface area contributed by atoms with Gasteiger partial charge in [-0.1, -0.05) is 25.1 Å². The molecule has 1 aromatic heterocycles. The van der Waals surface area contributed by atoms with Crippen LogP contribution in [0.1, 0.15) is 26.7 Å². The summed E-state index contributed by atoms with van der Waals surface area (Å²) in [5.41, 5.74) is 3.70. The van der Waals surface area contributed by atoms with Crippen molar-refractivity contribution in [2.45, 2.75) is 38.8 Å². The normalized spacial score (nSPS) is 27.6. The predicted octanol–water partition coefficient (Wildman–Crippen LogP) is 2.19. The van der Waals surface area contributed by atoms with E-state index in [0.717, 1.165) is 29.7 Å². The summed E-state index contributed by atoms with van der Waals surface area (Å²) in [6.45, 7) is 5.69. The van der Waals surface area contributed by atoms with E-state index in [-0.39, 0.29) is 36.2 Å². The number of piperazine rings is 1. The van der Waals surface area contributed by atoms with Crippen molar-refractivity contribution in [3.8, 4) is 0 Å². The Morgan fingerprint density at radius 1 is 1.29 bits per heavy atom. The fourth-order valence-corrected chi connectivity index (χ4v) is 4.76. The fourth-order valence-electron chi connectivity index (χ4n) is 4.76. The molecule has 4 rings (SSSR count). The highest BCUT2D eigenvalue weighted by atomic mass is 16.5. The number of piperidine rings is 1. The predicted molar refractivity (Wildman–Crippen MR) is 106 cm³/mol. The second kappa shape index (κ2) is 7.39. The molecule has 2 aromatic rings. The Labute approximate surface area is 164 Å². The third kappa shape index (κ3) is 3.30. The van der Waals surface area contributed by atoms with E-state index in [0.29, 0.717) is 6.42 Å². The molecule has 0 saturated carbocycles. The number of nitrogens with zero attached hydrogens (tertiary/aromatic N) is 3. The standard InChI is InChI=1S/C21H26N4O3/c1-13-7-16(9-20(26)23-28)21(27)25-14(2)11-24(12-19(13)25)17-8-15-5-3-4-6-18(15)22-10-17/h3-6,8,10,13-14,16,19,28H,7,9,11-12H2,1-2H3,(H,23,26)/t13?,14?,16-,19?/m0/s1. The number of pyridine rings is 1. The Kier molecular flexibility index (Phi) is 4.93. The number of hydroxylamine groups is 1. The topological polar surface area (TPSA) is 85.8 Å². The first-order valence-corrected chi connectivity index (χ1v) is 9.82. The Bertz CT molecular complexity index is 902. The zero-order valence-electron chi connectivity index (χ0n) is 16.2. The lowest BCUT2D eigenvalue weighted by Crippen LogP contribution is -2.65. The van der Waals surface area contributed by atoms with Gasteiger partial charge >= 0.3 is 0 Å². The number of fused-ring (bicyclic) bond motifs is 2. The minimum absolute atomic E-state index is 0.0236. The minimum atomic E-state index is -0.502. The Morgan fingerprint density at radius 2 is 2.07 bits per heavy atom. The summed E-state index contributed by atoms with van der Waals surface area (Å²) < 4.78 is 0. The monoisotopic (exact) mass is 382 g/mol. The summed E-state index contributed by atoms with van der Waals surface area (Å²) >= 11 is 0. The zero-order valence-corrected chi connectivity index (χ0v) is 16.2. The molecule has 2 N–H and O–H groups in total. The van der Waals surface area contributed by atoms with Crippen molar-refractivity contribution in [3.63, 3.8) is 0 Å². The number of rotatable bonds is 3. The van der Waals surface area contributed by atoms with Crippen molar-refractivity contribution in [1.29, 1.82) is 0 Å². The largest absolute Gasteiger partial charge is 0.366 e. The molecule has 148 valence electrons. The van der Waals surface area contributed by atoms with E-state index >= 15 is 0 Å². The summed E-state index contributed by atoms with van der Waals surface area (Å²) in [5, 5.41) is 9.91. The van der Waals surface area contributed by atoms with Crippen LogP contribution in [0.2, 0.25) is 0 Å². The Balaban J connectivity index is 1.56. The molecule has 0 bridgehead atoms. The smallest absolute Gasteiger partial charge is 0.244 e. The molecule has 0 spiro atoms. The summed E-state index contributed by atoms with van der Waals surface area (Å²) in [6, 6.07) is 10.4. The minimum Gasteiger partial charge on any atom is -0.366 e. The highest BCUT2D eigenvalue weighted by molar-refractivity contribution is 5.87. The number of carbonyl (C=O) groups is 2. The lowest BCUT2D eigenvalue weighted by Gasteiger charge is -2.52. The van der Waals surface area contributed by atoms with Crippen LogP contribution in [0.4, 0.5) is 5.69 Å². The SMILES string of the molecule is CC1C[C@@H](CC(=O)NO)C(=O)N2C(C)CN(c3cnc4ccccc4c3)CC12. The van der Waals surface area contributed by atoms with Gasteiger partial charge in [-0.25, -0.2) is 5.48 Å². The molecular formula is C21H26N4O3. The van der Waals surface area contributed by atoms with E-state index < -0.39 is 5.91 Å². The number of hydrogen-bond donors (Lipinski definition) is 2. The maximum Gasteiger partial charge on any atom is 0.244 e. The summed E-state index contributed by atoms with van der Waals surface area (Å²) in [7, 11) is 0. The van der Waals surface area contributed by atoms with Crippen LogP contribution in [0.25, 0.3) is 10.9 Å². The number of aromatic nitrogens is 1. The molecule has 3 unspecified atom stereocenters. The number of amides is 2. The van der Waals surface area contributed by atoms with Crippen LogP contribution in [-0.4, -0.2) is 52.1 Å². The molecule has 2 fully saturated rings. The van der Waals surface area contributed by atoms with E-state index in [2.05, 4.69) is 35.9 Å². The van der Waals surface area contributed by atoms with Gasteiger partial charge in [0.15, 0.2) is 0 Å². The van der Waals surface area contributed by atoms with E-state index in [9.17, 15) is 9.59 Å². The Hall–Kier alpha value is -2.67. The van der Waals surface area contributed by atoms with Gasteiger partial charge in [-0.2, -0.15) is 0 Å². The first-order valence-electron chi connectivity index (χ1n) is 9.82. The Morgan fingerprint density at radius 3 is 2.86 bits per heavy atom. The van der Waals surface area contributed by atoms with E-state index in [1.54, 1.807) is 5.48 Å². The lowest BCUT2D eigenvalue weighted by molar-refractivity contribution is -0.151. The van der Waals surface area contributed by atoms with Gasteiger partial charge in [0.1, 0.15) is 0 Å². The highest BCUT2D eigenvalue weighted by Crippen LogP contribution is 2.36. The molecule has 7 nitrogen and oxygen atoms in total. The van der Waals surface area contributed by atoms with Crippen LogP contribution in [0.15, 0.2) is 36.5 Å². The average Bonchev–Trinajstić information content (AvgIpc) is 2.70.